The SMILES string of the molecule is Nc1ccc(Br)cc1C(=O)N[C@H]1CCCC[C@@H]1O. The first-order valence-corrected chi connectivity index (χ1v) is 6.91. The molecule has 1 amide bonds. The number of nitrogens with two attached hydrogens (primary N) is 1. The Morgan fingerprint density at radius 3 is 2.83 bits per heavy atom. The predicted octanol–water partition coefficient (Wildman–Crippen LogP) is 2.06. The Bertz CT molecular complexity index is 451. The zero-order chi connectivity index (χ0) is 13.1. The number of nitrogen functional groups attached to an aromatic ring is 1. The maximum absolute atomic E-state index is 12.1. The third kappa shape index (κ3) is 3.03. The van der Waals surface area contributed by atoms with Crippen LogP contribution in [-0.2, 0) is 0 Å². The third-order valence-electron chi connectivity index (χ3n) is 3.31. The lowest BCUT2D eigenvalue weighted by Gasteiger charge is -2.28. The highest BCUT2D eigenvalue weighted by Crippen LogP contribution is 2.21. The van der Waals surface area contributed by atoms with Gasteiger partial charge < -0.3 is 16.2 Å². The van der Waals surface area contributed by atoms with Gasteiger partial charge in [0.15, 0.2) is 0 Å². The van der Waals surface area contributed by atoms with Crippen LogP contribution in [0.2, 0.25) is 0 Å². The number of anilines is 1. The number of benzene rings is 1. The summed E-state index contributed by atoms with van der Waals surface area (Å²) in [5.74, 6) is -0.222. The minimum Gasteiger partial charge on any atom is -0.398 e. The van der Waals surface area contributed by atoms with Gasteiger partial charge in [0.2, 0.25) is 0 Å². The second-order valence-corrected chi connectivity index (χ2v) is 5.58. The summed E-state index contributed by atoms with van der Waals surface area (Å²) >= 11 is 3.32. The van der Waals surface area contributed by atoms with Crippen LogP contribution in [0.1, 0.15) is 36.0 Å². The smallest absolute Gasteiger partial charge is 0.253 e. The number of halogens is 1. The molecule has 18 heavy (non-hydrogen) atoms. The lowest BCUT2D eigenvalue weighted by atomic mass is 9.92. The normalized spacial score (nSPS) is 23.7. The Balaban J connectivity index is 2.09. The van der Waals surface area contributed by atoms with Crippen LogP contribution in [-0.4, -0.2) is 23.2 Å². The van der Waals surface area contributed by atoms with Crippen LogP contribution in [0.3, 0.4) is 0 Å². The molecule has 0 aliphatic heterocycles. The molecule has 0 bridgehead atoms. The fourth-order valence-electron chi connectivity index (χ4n) is 2.25. The van der Waals surface area contributed by atoms with E-state index in [1.165, 1.54) is 0 Å². The minimum atomic E-state index is -0.448. The molecule has 2 atom stereocenters. The fraction of sp³-hybridized carbons (Fsp3) is 0.462. The quantitative estimate of drug-likeness (QED) is 0.732. The van der Waals surface area contributed by atoms with E-state index in [0.29, 0.717) is 11.3 Å². The van der Waals surface area contributed by atoms with Gasteiger partial charge in [-0.05, 0) is 31.0 Å². The summed E-state index contributed by atoms with van der Waals surface area (Å²) in [6.07, 6.45) is 3.18. The molecule has 0 heterocycles. The van der Waals surface area contributed by atoms with Crippen LogP contribution < -0.4 is 11.1 Å². The monoisotopic (exact) mass is 312 g/mol. The van der Waals surface area contributed by atoms with Crippen LogP contribution in [0, 0.1) is 0 Å². The number of aliphatic hydroxyl groups excluding tert-OH is 1. The molecule has 0 aromatic heterocycles. The van der Waals surface area contributed by atoms with Crippen molar-refractivity contribution in [2.45, 2.75) is 37.8 Å². The van der Waals surface area contributed by atoms with E-state index in [-0.39, 0.29) is 11.9 Å². The van der Waals surface area contributed by atoms with Gasteiger partial charge in [0.05, 0.1) is 17.7 Å². The van der Waals surface area contributed by atoms with E-state index in [0.717, 1.165) is 30.2 Å². The van der Waals surface area contributed by atoms with E-state index in [1.807, 2.05) is 0 Å². The van der Waals surface area contributed by atoms with Crippen molar-refractivity contribution in [3.05, 3.63) is 28.2 Å². The second kappa shape index (κ2) is 5.71. The standard InChI is InChI=1S/C13H17BrN2O2/c14-8-5-6-10(15)9(7-8)13(18)16-11-3-1-2-4-12(11)17/h5-7,11-12,17H,1-4,15H2,(H,16,18)/t11-,12-/m0/s1. The van der Waals surface area contributed by atoms with E-state index in [2.05, 4.69) is 21.2 Å². The molecule has 4 nitrogen and oxygen atoms in total. The van der Waals surface area contributed by atoms with Gasteiger partial charge in [0, 0.05) is 10.2 Å². The molecule has 1 aliphatic rings. The molecule has 0 radical (unpaired) electrons. The van der Waals surface area contributed by atoms with Gasteiger partial charge in [-0.25, -0.2) is 0 Å². The molecular formula is C13H17BrN2O2. The van der Waals surface area contributed by atoms with Gasteiger partial charge in [-0.2, -0.15) is 0 Å². The van der Waals surface area contributed by atoms with Crippen LogP contribution >= 0.6 is 15.9 Å². The molecule has 1 aromatic carbocycles. The number of rotatable bonds is 2. The van der Waals surface area contributed by atoms with Gasteiger partial charge in [-0.1, -0.05) is 28.8 Å². The molecule has 5 heteroatoms. The summed E-state index contributed by atoms with van der Waals surface area (Å²) in [7, 11) is 0. The second-order valence-electron chi connectivity index (χ2n) is 4.66. The summed E-state index contributed by atoms with van der Waals surface area (Å²) in [6, 6.07) is 5.02. The molecule has 1 fully saturated rings. The fourth-order valence-corrected chi connectivity index (χ4v) is 2.61. The Morgan fingerprint density at radius 2 is 2.11 bits per heavy atom. The van der Waals surface area contributed by atoms with Gasteiger partial charge in [-0.15, -0.1) is 0 Å². The maximum atomic E-state index is 12.1. The van der Waals surface area contributed by atoms with Crippen molar-refractivity contribution >= 4 is 27.5 Å². The summed E-state index contributed by atoms with van der Waals surface area (Å²) in [6.45, 7) is 0. The largest absolute Gasteiger partial charge is 0.398 e. The number of hydrogen-bond acceptors (Lipinski definition) is 3. The highest BCUT2D eigenvalue weighted by molar-refractivity contribution is 9.10. The van der Waals surface area contributed by atoms with Crippen molar-refractivity contribution in [2.24, 2.45) is 0 Å². The highest BCUT2D eigenvalue weighted by Gasteiger charge is 2.25. The van der Waals surface area contributed by atoms with Gasteiger partial charge >= 0.3 is 0 Å². The topological polar surface area (TPSA) is 75.4 Å². The molecule has 0 saturated heterocycles. The number of carbonyl (C=O) groups is 1. The number of aliphatic hydroxyl groups is 1. The average molecular weight is 313 g/mol. The van der Waals surface area contributed by atoms with Gasteiger partial charge in [0.25, 0.3) is 5.91 Å². The Kier molecular flexibility index (Phi) is 4.24. The number of nitrogens with one attached hydrogen (secondary N) is 1. The minimum absolute atomic E-state index is 0.162. The van der Waals surface area contributed by atoms with Crippen molar-refractivity contribution in [3.63, 3.8) is 0 Å². The first-order valence-electron chi connectivity index (χ1n) is 6.12. The third-order valence-corrected chi connectivity index (χ3v) is 3.80. The van der Waals surface area contributed by atoms with E-state index in [1.54, 1.807) is 18.2 Å². The molecule has 1 aromatic rings. The van der Waals surface area contributed by atoms with Crippen molar-refractivity contribution in [1.82, 2.24) is 5.32 Å². The molecule has 0 unspecified atom stereocenters. The van der Waals surface area contributed by atoms with E-state index in [9.17, 15) is 9.90 Å². The molecular weight excluding hydrogens is 296 g/mol. The lowest BCUT2D eigenvalue weighted by Crippen LogP contribution is -2.45. The summed E-state index contributed by atoms with van der Waals surface area (Å²) in [4.78, 5) is 12.1. The molecule has 0 spiro atoms. The van der Waals surface area contributed by atoms with E-state index < -0.39 is 6.10 Å². The van der Waals surface area contributed by atoms with E-state index in [4.69, 9.17) is 5.73 Å². The molecule has 98 valence electrons. The number of hydrogen-bond donors (Lipinski definition) is 3. The van der Waals surface area contributed by atoms with Crippen LogP contribution in [0.15, 0.2) is 22.7 Å². The van der Waals surface area contributed by atoms with Crippen molar-refractivity contribution in [3.8, 4) is 0 Å². The Morgan fingerprint density at radius 1 is 1.39 bits per heavy atom. The highest BCUT2D eigenvalue weighted by atomic mass is 79.9. The lowest BCUT2D eigenvalue weighted by molar-refractivity contribution is 0.0718. The Labute approximate surface area is 115 Å². The zero-order valence-corrected chi connectivity index (χ0v) is 11.6. The first kappa shape index (κ1) is 13.4. The molecule has 4 N–H and O–H groups in total. The maximum Gasteiger partial charge on any atom is 0.253 e. The van der Waals surface area contributed by atoms with Gasteiger partial charge in [-0.3, -0.25) is 4.79 Å². The van der Waals surface area contributed by atoms with Crippen molar-refractivity contribution in [1.29, 1.82) is 0 Å². The molecule has 1 saturated carbocycles. The van der Waals surface area contributed by atoms with Crippen LogP contribution in [0.5, 0.6) is 0 Å². The zero-order valence-electron chi connectivity index (χ0n) is 10.0. The summed E-state index contributed by atoms with van der Waals surface area (Å²) < 4.78 is 0.811. The van der Waals surface area contributed by atoms with Gasteiger partial charge in [0.1, 0.15) is 0 Å². The first-order chi connectivity index (χ1) is 8.58. The summed E-state index contributed by atoms with van der Waals surface area (Å²) in [5.41, 5.74) is 6.68. The van der Waals surface area contributed by atoms with Crippen LogP contribution in [0.25, 0.3) is 0 Å². The summed E-state index contributed by atoms with van der Waals surface area (Å²) in [5, 5.41) is 12.7. The van der Waals surface area contributed by atoms with E-state index >= 15 is 0 Å². The average Bonchev–Trinajstić information content (AvgIpc) is 2.35. The number of amides is 1. The number of carbonyl (C=O) groups excluding carboxylic acids is 1. The van der Waals surface area contributed by atoms with Crippen LogP contribution in [0.4, 0.5) is 5.69 Å². The molecule has 2 rings (SSSR count). The van der Waals surface area contributed by atoms with Crippen molar-refractivity contribution in [2.75, 3.05) is 5.73 Å². The van der Waals surface area contributed by atoms with Crippen molar-refractivity contribution < 1.29 is 9.90 Å². The molecule has 1 aliphatic carbocycles. The predicted molar refractivity (Wildman–Crippen MR) is 74.3 cm³/mol. The Hall–Kier alpha value is -1.07.